The van der Waals surface area contributed by atoms with Gasteiger partial charge in [0.05, 0.1) is 6.04 Å². The second kappa shape index (κ2) is 4.07. The molecule has 1 rings (SSSR count). The fraction of sp³-hybridized carbons (Fsp3) is 0.455. The molecule has 2 nitrogen and oxygen atoms in total. The summed E-state index contributed by atoms with van der Waals surface area (Å²) in [5, 5.41) is 3.03. The van der Waals surface area contributed by atoms with E-state index < -0.39 is 5.54 Å². The number of likely N-dealkylation sites (N-methyl/N-ethyl adjacent to an activating group) is 1. The van der Waals surface area contributed by atoms with E-state index >= 15 is 0 Å². The van der Waals surface area contributed by atoms with E-state index in [9.17, 15) is 4.39 Å². The molecule has 0 aliphatic rings. The number of rotatable bonds is 3. The largest absolute Gasteiger partial charge is 0.324 e. The molecular weight excluding hydrogens is 179 g/mol. The van der Waals surface area contributed by atoms with Crippen molar-refractivity contribution in [1.82, 2.24) is 5.32 Å². The first-order valence-electron chi connectivity index (χ1n) is 4.67. The van der Waals surface area contributed by atoms with Crippen molar-refractivity contribution in [2.75, 3.05) is 7.05 Å². The average Bonchev–Trinajstić information content (AvgIpc) is 2.07. The van der Waals surface area contributed by atoms with Crippen LogP contribution in [0.5, 0.6) is 0 Å². The minimum Gasteiger partial charge on any atom is -0.324 e. The third kappa shape index (κ3) is 2.30. The molecule has 0 bridgehead atoms. The van der Waals surface area contributed by atoms with Gasteiger partial charge in [0.25, 0.3) is 0 Å². The highest BCUT2D eigenvalue weighted by Gasteiger charge is 2.27. The van der Waals surface area contributed by atoms with Crippen LogP contribution in [0.1, 0.15) is 25.5 Å². The van der Waals surface area contributed by atoms with E-state index in [-0.39, 0.29) is 11.9 Å². The molecule has 0 aromatic heterocycles. The quantitative estimate of drug-likeness (QED) is 0.774. The Morgan fingerprint density at radius 1 is 1.36 bits per heavy atom. The van der Waals surface area contributed by atoms with Crippen molar-refractivity contribution >= 4 is 0 Å². The van der Waals surface area contributed by atoms with Crippen LogP contribution in [0.25, 0.3) is 0 Å². The van der Waals surface area contributed by atoms with Gasteiger partial charge in [-0.05, 0) is 27.0 Å². The molecule has 78 valence electrons. The standard InChI is InChI=1S/C11H17FN2/c1-11(2,13)10(14-3)8-6-4-5-7-9(8)12/h4-7,10,14H,13H2,1-3H3. The highest BCUT2D eigenvalue weighted by atomic mass is 19.1. The van der Waals surface area contributed by atoms with Crippen LogP contribution in [-0.2, 0) is 0 Å². The van der Waals surface area contributed by atoms with Crippen LogP contribution in [0.4, 0.5) is 4.39 Å². The van der Waals surface area contributed by atoms with Gasteiger partial charge in [-0.15, -0.1) is 0 Å². The molecule has 1 atom stereocenters. The molecule has 0 saturated heterocycles. The number of nitrogens with one attached hydrogen (secondary N) is 1. The first-order chi connectivity index (χ1) is 6.46. The minimum absolute atomic E-state index is 0.177. The Bertz CT molecular complexity index is 304. The molecule has 0 aliphatic heterocycles. The minimum atomic E-state index is -0.489. The molecule has 0 amide bonds. The number of hydrogen-bond acceptors (Lipinski definition) is 2. The predicted octanol–water partition coefficient (Wildman–Crippen LogP) is 1.82. The van der Waals surface area contributed by atoms with E-state index in [1.807, 2.05) is 19.9 Å². The Labute approximate surface area is 84.3 Å². The van der Waals surface area contributed by atoms with Gasteiger partial charge in [-0.1, -0.05) is 18.2 Å². The molecular formula is C11H17FN2. The zero-order chi connectivity index (χ0) is 10.8. The summed E-state index contributed by atoms with van der Waals surface area (Å²) >= 11 is 0. The highest BCUT2D eigenvalue weighted by Crippen LogP contribution is 2.24. The molecule has 1 aromatic carbocycles. The third-order valence-electron chi connectivity index (χ3n) is 2.25. The normalized spacial score (nSPS) is 14.1. The van der Waals surface area contributed by atoms with Gasteiger partial charge in [0, 0.05) is 11.1 Å². The van der Waals surface area contributed by atoms with Crippen molar-refractivity contribution in [2.45, 2.75) is 25.4 Å². The SMILES string of the molecule is CNC(c1ccccc1F)C(C)(C)N. The van der Waals surface area contributed by atoms with E-state index in [2.05, 4.69) is 5.32 Å². The fourth-order valence-electron chi connectivity index (χ4n) is 1.64. The molecule has 0 spiro atoms. The van der Waals surface area contributed by atoms with Gasteiger partial charge in [-0.2, -0.15) is 0 Å². The lowest BCUT2D eigenvalue weighted by Crippen LogP contribution is -2.45. The summed E-state index contributed by atoms with van der Waals surface area (Å²) in [6, 6.07) is 6.52. The molecule has 0 fully saturated rings. The Morgan fingerprint density at radius 2 is 1.93 bits per heavy atom. The van der Waals surface area contributed by atoms with E-state index in [1.54, 1.807) is 19.2 Å². The molecule has 1 aromatic rings. The monoisotopic (exact) mass is 196 g/mol. The van der Waals surface area contributed by atoms with Crippen LogP contribution in [0, 0.1) is 5.82 Å². The van der Waals surface area contributed by atoms with Crippen molar-refractivity contribution in [3.8, 4) is 0 Å². The molecule has 0 saturated carbocycles. The maximum Gasteiger partial charge on any atom is 0.128 e. The maximum atomic E-state index is 13.5. The summed E-state index contributed by atoms with van der Waals surface area (Å²) in [6.07, 6.45) is 0. The summed E-state index contributed by atoms with van der Waals surface area (Å²) in [5.41, 5.74) is 6.09. The average molecular weight is 196 g/mol. The number of halogens is 1. The van der Waals surface area contributed by atoms with E-state index in [4.69, 9.17) is 5.73 Å². The molecule has 0 aliphatic carbocycles. The second-order valence-corrected chi connectivity index (χ2v) is 4.06. The van der Waals surface area contributed by atoms with E-state index in [1.165, 1.54) is 6.07 Å². The van der Waals surface area contributed by atoms with Gasteiger partial charge >= 0.3 is 0 Å². The molecule has 1 unspecified atom stereocenters. The van der Waals surface area contributed by atoms with E-state index in [0.29, 0.717) is 5.56 Å². The van der Waals surface area contributed by atoms with Crippen LogP contribution >= 0.6 is 0 Å². The van der Waals surface area contributed by atoms with Gasteiger partial charge in [0.15, 0.2) is 0 Å². The smallest absolute Gasteiger partial charge is 0.128 e. The van der Waals surface area contributed by atoms with E-state index in [0.717, 1.165) is 0 Å². The summed E-state index contributed by atoms with van der Waals surface area (Å²) in [6.45, 7) is 3.75. The van der Waals surface area contributed by atoms with Crippen molar-refractivity contribution in [3.05, 3.63) is 35.6 Å². The summed E-state index contributed by atoms with van der Waals surface area (Å²) in [4.78, 5) is 0. The zero-order valence-corrected chi connectivity index (χ0v) is 8.84. The lowest BCUT2D eigenvalue weighted by atomic mass is 9.89. The molecule has 0 heterocycles. The first-order valence-corrected chi connectivity index (χ1v) is 4.67. The van der Waals surface area contributed by atoms with Crippen LogP contribution in [-0.4, -0.2) is 12.6 Å². The Hall–Kier alpha value is -0.930. The number of nitrogens with two attached hydrogens (primary N) is 1. The van der Waals surface area contributed by atoms with Crippen molar-refractivity contribution < 1.29 is 4.39 Å². The van der Waals surface area contributed by atoms with Crippen LogP contribution in [0.2, 0.25) is 0 Å². The molecule has 3 heteroatoms. The Morgan fingerprint density at radius 3 is 2.36 bits per heavy atom. The fourth-order valence-corrected chi connectivity index (χ4v) is 1.64. The van der Waals surface area contributed by atoms with Crippen LogP contribution in [0.15, 0.2) is 24.3 Å². The maximum absolute atomic E-state index is 13.5. The molecule has 3 N–H and O–H groups in total. The molecule has 0 radical (unpaired) electrons. The van der Waals surface area contributed by atoms with Crippen molar-refractivity contribution in [1.29, 1.82) is 0 Å². The zero-order valence-electron chi connectivity index (χ0n) is 8.84. The van der Waals surface area contributed by atoms with Crippen LogP contribution < -0.4 is 11.1 Å². The van der Waals surface area contributed by atoms with Gasteiger partial charge in [-0.25, -0.2) is 4.39 Å². The van der Waals surface area contributed by atoms with Crippen LogP contribution in [0.3, 0.4) is 0 Å². The Balaban J connectivity index is 3.08. The Kier molecular flexibility index (Phi) is 3.24. The summed E-state index contributed by atoms with van der Waals surface area (Å²) < 4.78 is 13.5. The topological polar surface area (TPSA) is 38.0 Å². The third-order valence-corrected chi connectivity index (χ3v) is 2.25. The lowest BCUT2D eigenvalue weighted by molar-refractivity contribution is 0.359. The van der Waals surface area contributed by atoms with Crippen molar-refractivity contribution in [3.63, 3.8) is 0 Å². The number of hydrogen-bond donors (Lipinski definition) is 2. The second-order valence-electron chi connectivity index (χ2n) is 4.06. The number of benzene rings is 1. The van der Waals surface area contributed by atoms with Gasteiger partial charge in [-0.3, -0.25) is 0 Å². The van der Waals surface area contributed by atoms with Gasteiger partial charge in [0.1, 0.15) is 5.82 Å². The highest BCUT2D eigenvalue weighted by molar-refractivity contribution is 5.24. The molecule has 14 heavy (non-hydrogen) atoms. The first kappa shape index (κ1) is 11.1. The van der Waals surface area contributed by atoms with Gasteiger partial charge in [0.2, 0.25) is 0 Å². The van der Waals surface area contributed by atoms with Gasteiger partial charge < -0.3 is 11.1 Å². The lowest BCUT2D eigenvalue weighted by Gasteiger charge is -2.30. The summed E-state index contributed by atoms with van der Waals surface area (Å²) in [7, 11) is 1.78. The summed E-state index contributed by atoms with van der Waals surface area (Å²) in [5.74, 6) is -0.217. The predicted molar refractivity (Wildman–Crippen MR) is 56.5 cm³/mol. The van der Waals surface area contributed by atoms with Crippen molar-refractivity contribution in [2.24, 2.45) is 5.73 Å².